The number of hydrazone groups is 1. The standard InChI is InChI=1S/C24H24ClN5OS/c25-20-13-7-6-12-19(20)23-26-27-24(30(23)18-10-4-5-11-18)32-16-22(31)29-15-14-21(28-29)17-8-2-1-3-9-17/h1-3,6-9,12-13,18H,4-5,10-11,14-16H2. The second kappa shape index (κ2) is 9.46. The van der Waals surface area contributed by atoms with E-state index in [4.69, 9.17) is 11.6 Å². The van der Waals surface area contributed by atoms with Crippen molar-refractivity contribution in [2.75, 3.05) is 12.3 Å². The first-order valence-corrected chi connectivity index (χ1v) is 12.3. The van der Waals surface area contributed by atoms with E-state index < -0.39 is 0 Å². The van der Waals surface area contributed by atoms with Crippen molar-refractivity contribution in [2.45, 2.75) is 43.3 Å². The molecule has 1 aliphatic heterocycles. The van der Waals surface area contributed by atoms with Gasteiger partial charge in [-0.15, -0.1) is 10.2 Å². The van der Waals surface area contributed by atoms with Gasteiger partial charge in [0.2, 0.25) is 0 Å². The summed E-state index contributed by atoms with van der Waals surface area (Å²) in [6.45, 7) is 0.615. The second-order valence-electron chi connectivity index (χ2n) is 8.06. The minimum atomic E-state index is -0.0128. The zero-order valence-corrected chi connectivity index (χ0v) is 19.2. The predicted molar refractivity (Wildman–Crippen MR) is 128 cm³/mol. The molecule has 1 saturated carbocycles. The Morgan fingerprint density at radius 3 is 2.56 bits per heavy atom. The molecule has 0 spiro atoms. The molecule has 1 fully saturated rings. The Morgan fingerprint density at radius 1 is 1.03 bits per heavy atom. The number of thioether (sulfide) groups is 1. The minimum Gasteiger partial charge on any atom is -0.299 e. The normalized spacial score (nSPS) is 16.5. The maximum absolute atomic E-state index is 12.9. The van der Waals surface area contributed by atoms with E-state index in [1.165, 1.54) is 24.6 Å². The van der Waals surface area contributed by atoms with Gasteiger partial charge in [0.25, 0.3) is 5.91 Å². The van der Waals surface area contributed by atoms with E-state index in [1.807, 2.05) is 54.6 Å². The first-order valence-electron chi connectivity index (χ1n) is 11.0. The summed E-state index contributed by atoms with van der Waals surface area (Å²) in [5, 5.41) is 16.5. The van der Waals surface area contributed by atoms with E-state index in [2.05, 4.69) is 19.9 Å². The van der Waals surface area contributed by atoms with Crippen LogP contribution < -0.4 is 0 Å². The summed E-state index contributed by atoms with van der Waals surface area (Å²) in [5.41, 5.74) is 2.91. The fourth-order valence-electron chi connectivity index (χ4n) is 4.36. The van der Waals surface area contributed by atoms with Gasteiger partial charge in [-0.05, 0) is 30.5 Å². The van der Waals surface area contributed by atoms with Crippen LogP contribution in [-0.4, -0.2) is 43.7 Å². The lowest BCUT2D eigenvalue weighted by molar-refractivity contribution is -0.127. The lowest BCUT2D eigenvalue weighted by atomic mass is 10.1. The lowest BCUT2D eigenvalue weighted by Crippen LogP contribution is -2.25. The van der Waals surface area contributed by atoms with Crippen LogP contribution in [0.3, 0.4) is 0 Å². The first kappa shape index (κ1) is 21.2. The third-order valence-electron chi connectivity index (χ3n) is 5.99. The van der Waals surface area contributed by atoms with Crippen molar-refractivity contribution >= 4 is 35.0 Å². The number of amides is 1. The molecule has 1 amide bonds. The Labute approximate surface area is 196 Å². The van der Waals surface area contributed by atoms with Crippen LogP contribution in [-0.2, 0) is 4.79 Å². The number of carbonyl (C=O) groups is 1. The molecule has 0 radical (unpaired) electrons. The average molecular weight is 466 g/mol. The largest absolute Gasteiger partial charge is 0.299 e. The SMILES string of the molecule is O=C(CSc1nnc(-c2ccccc2Cl)n1C1CCCC1)N1CCC(c2ccccc2)=N1. The molecule has 2 aliphatic rings. The highest BCUT2D eigenvalue weighted by Crippen LogP contribution is 2.38. The quantitative estimate of drug-likeness (QED) is 0.454. The van der Waals surface area contributed by atoms with Crippen LogP contribution in [0.5, 0.6) is 0 Å². The molecular weight excluding hydrogens is 442 g/mol. The van der Waals surface area contributed by atoms with Crippen LogP contribution in [0.4, 0.5) is 0 Å². The van der Waals surface area contributed by atoms with Crippen molar-refractivity contribution in [3.63, 3.8) is 0 Å². The highest BCUT2D eigenvalue weighted by Gasteiger charge is 2.27. The second-order valence-corrected chi connectivity index (χ2v) is 9.41. The number of hydrogen-bond donors (Lipinski definition) is 0. The van der Waals surface area contributed by atoms with E-state index in [1.54, 1.807) is 5.01 Å². The van der Waals surface area contributed by atoms with E-state index in [0.717, 1.165) is 47.1 Å². The third kappa shape index (κ3) is 4.32. The van der Waals surface area contributed by atoms with Crippen LogP contribution in [0, 0.1) is 0 Å². The van der Waals surface area contributed by atoms with Gasteiger partial charge in [0, 0.05) is 18.0 Å². The van der Waals surface area contributed by atoms with Crippen molar-refractivity contribution in [2.24, 2.45) is 5.10 Å². The van der Waals surface area contributed by atoms with Gasteiger partial charge in [0.05, 0.1) is 23.0 Å². The van der Waals surface area contributed by atoms with Gasteiger partial charge in [-0.2, -0.15) is 5.10 Å². The Hall–Kier alpha value is -2.64. The molecule has 164 valence electrons. The molecule has 1 aliphatic carbocycles. The van der Waals surface area contributed by atoms with Crippen LogP contribution in [0.2, 0.25) is 5.02 Å². The molecule has 0 atom stereocenters. The maximum Gasteiger partial charge on any atom is 0.253 e. The molecule has 6 nitrogen and oxygen atoms in total. The smallest absolute Gasteiger partial charge is 0.253 e. The van der Waals surface area contributed by atoms with Crippen LogP contribution >= 0.6 is 23.4 Å². The molecule has 0 unspecified atom stereocenters. The van der Waals surface area contributed by atoms with Gasteiger partial charge in [-0.1, -0.05) is 78.7 Å². The highest BCUT2D eigenvalue weighted by molar-refractivity contribution is 7.99. The molecule has 0 saturated heterocycles. The van der Waals surface area contributed by atoms with Gasteiger partial charge >= 0.3 is 0 Å². The monoisotopic (exact) mass is 465 g/mol. The topological polar surface area (TPSA) is 63.4 Å². The summed E-state index contributed by atoms with van der Waals surface area (Å²) in [6, 6.07) is 18.1. The van der Waals surface area contributed by atoms with Gasteiger partial charge in [-0.25, -0.2) is 5.01 Å². The van der Waals surface area contributed by atoms with Crippen molar-refractivity contribution < 1.29 is 4.79 Å². The molecular formula is C24H24ClN5OS. The van der Waals surface area contributed by atoms with Gasteiger partial charge < -0.3 is 0 Å². The molecule has 3 aromatic rings. The van der Waals surface area contributed by atoms with E-state index in [-0.39, 0.29) is 11.7 Å². The number of hydrogen-bond acceptors (Lipinski definition) is 5. The van der Waals surface area contributed by atoms with Crippen LogP contribution in [0.25, 0.3) is 11.4 Å². The Balaban J connectivity index is 1.34. The molecule has 2 aromatic carbocycles. The van der Waals surface area contributed by atoms with E-state index >= 15 is 0 Å². The number of nitrogens with zero attached hydrogens (tertiary/aromatic N) is 5. The number of carbonyl (C=O) groups excluding carboxylic acids is 1. The average Bonchev–Trinajstić information content (AvgIpc) is 3.59. The Morgan fingerprint density at radius 2 is 1.78 bits per heavy atom. The third-order valence-corrected chi connectivity index (χ3v) is 7.25. The summed E-state index contributed by atoms with van der Waals surface area (Å²) < 4.78 is 2.19. The highest BCUT2D eigenvalue weighted by atomic mass is 35.5. The summed E-state index contributed by atoms with van der Waals surface area (Å²) in [5.74, 6) is 1.04. The summed E-state index contributed by atoms with van der Waals surface area (Å²) in [4.78, 5) is 12.9. The van der Waals surface area contributed by atoms with Crippen molar-refractivity contribution in [3.8, 4) is 11.4 Å². The zero-order chi connectivity index (χ0) is 21.9. The minimum absolute atomic E-state index is 0.0128. The Kier molecular flexibility index (Phi) is 6.28. The fraction of sp³-hybridized carbons (Fsp3) is 0.333. The number of halogens is 1. The lowest BCUT2D eigenvalue weighted by Gasteiger charge is -2.17. The van der Waals surface area contributed by atoms with Crippen LogP contribution in [0.1, 0.15) is 43.7 Å². The summed E-state index contributed by atoms with van der Waals surface area (Å²) >= 11 is 7.89. The maximum atomic E-state index is 12.9. The number of aromatic nitrogens is 3. The van der Waals surface area contributed by atoms with E-state index in [9.17, 15) is 4.79 Å². The van der Waals surface area contributed by atoms with E-state index in [0.29, 0.717) is 17.6 Å². The Bertz CT molecular complexity index is 1140. The molecule has 2 heterocycles. The fourth-order valence-corrected chi connectivity index (χ4v) is 5.46. The molecule has 0 N–H and O–H groups in total. The van der Waals surface area contributed by atoms with Crippen molar-refractivity contribution in [3.05, 3.63) is 65.2 Å². The molecule has 1 aromatic heterocycles. The molecule has 8 heteroatoms. The van der Waals surface area contributed by atoms with Gasteiger partial charge in [0.1, 0.15) is 0 Å². The number of rotatable bonds is 6. The van der Waals surface area contributed by atoms with Crippen molar-refractivity contribution in [1.29, 1.82) is 0 Å². The van der Waals surface area contributed by atoms with Gasteiger partial charge in [-0.3, -0.25) is 9.36 Å². The predicted octanol–water partition coefficient (Wildman–Crippen LogP) is 5.44. The molecule has 32 heavy (non-hydrogen) atoms. The van der Waals surface area contributed by atoms with Crippen LogP contribution in [0.15, 0.2) is 64.9 Å². The van der Waals surface area contributed by atoms with Gasteiger partial charge in [0.15, 0.2) is 11.0 Å². The zero-order valence-electron chi connectivity index (χ0n) is 17.7. The molecule has 0 bridgehead atoms. The first-order chi connectivity index (χ1) is 15.7. The summed E-state index contributed by atoms with van der Waals surface area (Å²) in [6.07, 6.45) is 5.34. The molecule has 5 rings (SSSR count). The number of benzene rings is 2. The van der Waals surface area contributed by atoms with Crippen molar-refractivity contribution in [1.82, 2.24) is 19.8 Å². The summed E-state index contributed by atoms with van der Waals surface area (Å²) in [7, 11) is 0.